The molecular weight excluding hydrogens is 921 g/mol. The predicted octanol–water partition coefficient (Wildman–Crippen LogP) is 4.83. The van der Waals surface area contributed by atoms with Gasteiger partial charge in [-0.25, -0.2) is 15.0 Å². The number of carbonyl (C=O) groups is 5. The van der Waals surface area contributed by atoms with Crippen LogP contribution in [-0.2, 0) is 30.8 Å². The van der Waals surface area contributed by atoms with Gasteiger partial charge in [-0.1, -0.05) is 19.1 Å². The number of ether oxygens (including phenoxy) is 1. The average Bonchev–Trinajstić information content (AvgIpc) is 4.10. The lowest BCUT2D eigenvalue weighted by Crippen LogP contribution is -2.49. The highest BCUT2D eigenvalue weighted by molar-refractivity contribution is 7.98. The number of fused-ring (bicyclic) bond motifs is 2. The van der Waals surface area contributed by atoms with Gasteiger partial charge in [0.2, 0.25) is 29.6 Å². The third kappa shape index (κ3) is 11.6. The minimum Gasteiger partial charge on any atom is -0.491 e. The molecule has 2 aromatic carbocycles. The molecule has 4 aromatic heterocycles. The van der Waals surface area contributed by atoms with Gasteiger partial charge >= 0.3 is 0 Å². The molecule has 0 bridgehead atoms. The van der Waals surface area contributed by atoms with E-state index in [4.69, 9.17) is 26.2 Å². The van der Waals surface area contributed by atoms with E-state index in [1.165, 1.54) is 23.1 Å². The summed E-state index contributed by atoms with van der Waals surface area (Å²) in [5, 5.41) is 14.3. The summed E-state index contributed by atoms with van der Waals surface area (Å²) in [6, 6.07) is 8.20. The highest BCUT2D eigenvalue weighted by Gasteiger charge is 2.25. The SMILES string of the molecule is CCc1nc(C)sc1C(=O)Nc1nc2cc(C(N)=O)cc(OCCCN3CCN(C(=O)CCCNC)CC3)c2n1C/C=C/Cn1c(NC(=O)c2cc(C)nn2CC)nc2cc(C(N)=O)cc(SC)c21. The van der Waals surface area contributed by atoms with Crippen LogP contribution < -0.4 is 32.2 Å². The number of allylic oxidation sites excluding steroid dienone is 2. The molecule has 5 amide bonds. The molecule has 6 aromatic rings. The van der Waals surface area contributed by atoms with Gasteiger partial charge in [0.15, 0.2) is 0 Å². The number of piperazine rings is 1. The zero-order chi connectivity index (χ0) is 49.4. The standard InChI is InChI=1S/C47H60N14O6S2/c1-7-32-41(69-29(4)51-32)45(66)55-47-52-33-24-30(42(48)63)26-36(67-22-12-15-57-18-20-58(21-19-57)38(62)13-11-14-50-5)39(33)59(47)16-9-10-17-60-40-34(25-31(43(49)64)27-37(40)68-6)53-46(60)54-44(65)35-23-28(3)56-61(35)8-2/h9-10,23-27,50H,7-8,11-22H2,1-6H3,(H2,48,63)(H2,49,64)(H,52,55,66)(H,53,54,65)/b10-9+. The van der Waals surface area contributed by atoms with Gasteiger partial charge in [-0.15, -0.1) is 23.1 Å². The van der Waals surface area contributed by atoms with Crippen molar-refractivity contribution in [3.05, 3.63) is 80.6 Å². The van der Waals surface area contributed by atoms with Gasteiger partial charge in [-0.05, 0) is 90.2 Å². The maximum atomic E-state index is 14.0. The molecule has 0 unspecified atom stereocenters. The molecule has 0 atom stereocenters. The first-order valence-corrected chi connectivity index (χ1v) is 25.1. The van der Waals surface area contributed by atoms with Gasteiger partial charge in [0.1, 0.15) is 21.8 Å². The number of aromatic nitrogens is 7. The lowest BCUT2D eigenvalue weighted by molar-refractivity contribution is -0.133. The van der Waals surface area contributed by atoms with Crippen molar-refractivity contribution in [2.24, 2.45) is 11.5 Å². The first-order chi connectivity index (χ1) is 33.2. The number of aryl methyl sites for hydroxylation is 4. The molecule has 5 heterocycles. The fraction of sp³-hybridized carbons (Fsp3) is 0.426. The van der Waals surface area contributed by atoms with Crippen molar-refractivity contribution < 1.29 is 28.7 Å². The summed E-state index contributed by atoms with van der Waals surface area (Å²) in [7, 11) is 1.88. The molecule has 1 aliphatic heterocycles. The summed E-state index contributed by atoms with van der Waals surface area (Å²) in [5.74, 6) is -1.04. The first kappa shape index (κ1) is 50.3. The maximum Gasteiger partial charge on any atom is 0.276 e. The number of imidazole rings is 2. The zero-order valence-corrected chi connectivity index (χ0v) is 41.5. The zero-order valence-electron chi connectivity index (χ0n) is 39.9. The van der Waals surface area contributed by atoms with E-state index in [1.54, 1.807) is 35.0 Å². The minimum atomic E-state index is -0.662. The van der Waals surface area contributed by atoms with E-state index in [0.29, 0.717) is 95.3 Å². The first-order valence-electron chi connectivity index (χ1n) is 23.0. The molecule has 1 aliphatic rings. The van der Waals surface area contributed by atoms with Crippen molar-refractivity contribution >= 4 is 86.6 Å². The van der Waals surface area contributed by atoms with E-state index in [2.05, 4.69) is 30.9 Å². The molecule has 7 N–H and O–H groups in total. The van der Waals surface area contributed by atoms with E-state index in [9.17, 15) is 24.0 Å². The van der Waals surface area contributed by atoms with E-state index in [0.717, 1.165) is 42.5 Å². The smallest absolute Gasteiger partial charge is 0.276 e. The Kier molecular flexibility index (Phi) is 16.5. The number of carbonyl (C=O) groups excluding carboxylic acids is 5. The van der Waals surface area contributed by atoms with Crippen molar-refractivity contribution in [2.45, 2.75) is 77.9 Å². The Morgan fingerprint density at radius 3 is 2.09 bits per heavy atom. The van der Waals surface area contributed by atoms with Crippen molar-refractivity contribution in [3.63, 3.8) is 0 Å². The number of anilines is 2. The van der Waals surface area contributed by atoms with Crippen LogP contribution in [0.1, 0.15) is 90.4 Å². The number of hydrogen-bond acceptors (Lipinski definition) is 14. The average molecular weight is 981 g/mol. The summed E-state index contributed by atoms with van der Waals surface area (Å²) >= 11 is 2.71. The normalized spacial score (nSPS) is 13.2. The van der Waals surface area contributed by atoms with Crippen LogP contribution >= 0.6 is 23.1 Å². The second-order valence-electron chi connectivity index (χ2n) is 16.6. The molecule has 366 valence electrons. The number of nitrogens with two attached hydrogens (primary N) is 2. The van der Waals surface area contributed by atoms with E-state index >= 15 is 0 Å². The van der Waals surface area contributed by atoms with Crippen LogP contribution in [-0.4, -0.2) is 132 Å². The van der Waals surface area contributed by atoms with Gasteiger partial charge in [-0.2, -0.15) is 5.10 Å². The van der Waals surface area contributed by atoms with Crippen LogP contribution in [0.5, 0.6) is 5.75 Å². The highest BCUT2D eigenvalue weighted by Crippen LogP contribution is 2.34. The summed E-state index contributed by atoms with van der Waals surface area (Å²) in [6.07, 6.45) is 8.24. The summed E-state index contributed by atoms with van der Waals surface area (Å²) in [5.41, 5.74) is 15.8. The number of amides is 5. The van der Waals surface area contributed by atoms with Gasteiger partial charge in [-0.3, -0.25) is 44.2 Å². The molecule has 1 saturated heterocycles. The Balaban J connectivity index is 1.18. The van der Waals surface area contributed by atoms with Gasteiger partial charge in [0, 0.05) is 74.8 Å². The maximum absolute atomic E-state index is 14.0. The predicted molar refractivity (Wildman–Crippen MR) is 268 cm³/mol. The Hall–Kier alpha value is -6.62. The van der Waals surface area contributed by atoms with Gasteiger partial charge in [0.25, 0.3) is 11.8 Å². The molecule has 1 fully saturated rings. The number of nitrogens with zero attached hydrogens (tertiary/aromatic N) is 9. The molecule has 0 spiro atoms. The Bertz CT molecular complexity index is 2910. The quantitative estimate of drug-likeness (QED) is 0.0348. The minimum absolute atomic E-state index is 0.183. The number of hydrogen-bond donors (Lipinski definition) is 5. The van der Waals surface area contributed by atoms with Crippen LogP contribution in [0.3, 0.4) is 0 Å². The Morgan fingerprint density at radius 2 is 1.46 bits per heavy atom. The number of primary amides is 2. The number of thiazole rings is 1. The van der Waals surface area contributed by atoms with Gasteiger partial charge < -0.3 is 35.6 Å². The molecule has 0 saturated carbocycles. The van der Waals surface area contributed by atoms with Crippen molar-refractivity contribution in [2.75, 3.05) is 69.8 Å². The number of rotatable bonds is 22. The largest absolute Gasteiger partial charge is 0.491 e. The molecule has 22 heteroatoms. The van der Waals surface area contributed by atoms with Crippen molar-refractivity contribution in [1.29, 1.82) is 0 Å². The van der Waals surface area contributed by atoms with E-state index in [1.807, 2.05) is 67.2 Å². The molecule has 20 nitrogen and oxygen atoms in total. The lowest BCUT2D eigenvalue weighted by Gasteiger charge is -2.34. The molecule has 7 rings (SSSR count). The topological polar surface area (TPSA) is 256 Å². The number of thioether (sulfide) groups is 1. The van der Waals surface area contributed by atoms with Gasteiger partial charge in [0.05, 0.1) is 39.6 Å². The van der Waals surface area contributed by atoms with E-state index < -0.39 is 17.7 Å². The van der Waals surface area contributed by atoms with Crippen LogP contribution in [0.15, 0.2) is 47.4 Å². The third-order valence-corrected chi connectivity index (χ3v) is 13.6. The summed E-state index contributed by atoms with van der Waals surface area (Å²) in [6.45, 7) is 13.1. The fourth-order valence-electron chi connectivity index (χ4n) is 8.36. The van der Waals surface area contributed by atoms with Crippen molar-refractivity contribution in [1.82, 2.24) is 49.0 Å². The fourth-order valence-corrected chi connectivity index (χ4v) is 9.92. The molecule has 69 heavy (non-hydrogen) atoms. The lowest BCUT2D eigenvalue weighted by atomic mass is 10.1. The van der Waals surface area contributed by atoms with Crippen LogP contribution in [0.2, 0.25) is 0 Å². The molecule has 0 aliphatic carbocycles. The van der Waals surface area contributed by atoms with Crippen LogP contribution in [0.25, 0.3) is 22.1 Å². The molecule has 0 radical (unpaired) electrons. The monoisotopic (exact) mass is 980 g/mol. The highest BCUT2D eigenvalue weighted by atomic mass is 32.2. The second kappa shape index (κ2) is 22.7. The molecular formula is C47H60N14O6S2. The summed E-state index contributed by atoms with van der Waals surface area (Å²) < 4.78 is 11.7. The number of benzene rings is 2. The Morgan fingerprint density at radius 1 is 0.826 bits per heavy atom. The summed E-state index contributed by atoms with van der Waals surface area (Å²) in [4.78, 5) is 85.0. The van der Waals surface area contributed by atoms with Crippen LogP contribution in [0, 0.1) is 13.8 Å². The van der Waals surface area contributed by atoms with Crippen molar-refractivity contribution in [3.8, 4) is 5.75 Å². The number of nitrogens with one attached hydrogen (secondary N) is 3. The van der Waals surface area contributed by atoms with E-state index in [-0.39, 0.29) is 47.9 Å². The van der Waals surface area contributed by atoms with Crippen LogP contribution in [0.4, 0.5) is 11.9 Å². The third-order valence-electron chi connectivity index (χ3n) is 11.8. The second-order valence-corrected chi connectivity index (χ2v) is 18.6. The Labute approximate surface area is 408 Å².